The maximum atomic E-state index is 13.2. The quantitative estimate of drug-likeness (QED) is 0.475. The molecule has 4 amide bonds. The number of ether oxygens (including phenoxy) is 1. The molecular weight excluding hydrogens is 488 g/mol. The molecule has 2 fully saturated rings. The van der Waals surface area contributed by atoms with E-state index in [4.69, 9.17) is 4.74 Å². The predicted molar refractivity (Wildman–Crippen MR) is 144 cm³/mol. The van der Waals surface area contributed by atoms with E-state index in [0.29, 0.717) is 24.5 Å². The summed E-state index contributed by atoms with van der Waals surface area (Å²) in [5.41, 5.74) is 2.26. The number of benzene rings is 2. The van der Waals surface area contributed by atoms with E-state index in [1.54, 1.807) is 31.4 Å². The minimum absolute atomic E-state index is 0.143. The van der Waals surface area contributed by atoms with Gasteiger partial charge in [0.05, 0.1) is 20.1 Å². The SMILES string of the molecule is COc1ccc(N2CCN(CC(=O)N3CCNC(=O)[C@H]3CC(=O)Nc3ccc(NC(C)=O)cc3)CC2)cc1. The second kappa shape index (κ2) is 12.4. The zero-order chi connectivity index (χ0) is 27.1. The van der Waals surface area contributed by atoms with Crippen molar-refractivity contribution in [2.75, 3.05) is 68.5 Å². The summed E-state index contributed by atoms with van der Waals surface area (Å²) in [6.07, 6.45) is -0.143. The van der Waals surface area contributed by atoms with Gasteiger partial charge in [0.15, 0.2) is 0 Å². The molecule has 2 aliphatic rings. The monoisotopic (exact) mass is 522 g/mol. The normalized spacial score (nSPS) is 17.9. The fourth-order valence-electron chi connectivity index (χ4n) is 4.68. The molecule has 0 saturated carbocycles. The average Bonchev–Trinajstić information content (AvgIpc) is 2.91. The summed E-state index contributed by atoms with van der Waals surface area (Å²) < 4.78 is 5.23. The van der Waals surface area contributed by atoms with Crippen LogP contribution in [0, 0.1) is 0 Å². The fourth-order valence-corrected chi connectivity index (χ4v) is 4.68. The van der Waals surface area contributed by atoms with Gasteiger partial charge in [0, 0.05) is 63.3 Å². The number of rotatable bonds is 8. The fraction of sp³-hybridized carbons (Fsp3) is 0.407. The van der Waals surface area contributed by atoms with Crippen LogP contribution in [-0.4, -0.2) is 92.4 Å². The first-order valence-electron chi connectivity index (χ1n) is 12.7. The Morgan fingerprint density at radius 2 is 1.55 bits per heavy atom. The summed E-state index contributed by atoms with van der Waals surface area (Å²) in [6, 6.07) is 13.7. The van der Waals surface area contributed by atoms with E-state index in [9.17, 15) is 19.2 Å². The molecule has 0 unspecified atom stereocenters. The van der Waals surface area contributed by atoms with Crippen LogP contribution >= 0.6 is 0 Å². The number of carbonyl (C=O) groups excluding carboxylic acids is 4. The number of amides is 4. The number of nitrogens with one attached hydrogen (secondary N) is 3. The Hall–Kier alpha value is -4.12. The molecule has 11 heteroatoms. The Morgan fingerprint density at radius 1 is 0.921 bits per heavy atom. The maximum Gasteiger partial charge on any atom is 0.243 e. The minimum Gasteiger partial charge on any atom is -0.497 e. The summed E-state index contributed by atoms with van der Waals surface area (Å²) in [6.45, 7) is 5.35. The van der Waals surface area contributed by atoms with Crippen LogP contribution in [0.2, 0.25) is 0 Å². The maximum absolute atomic E-state index is 13.2. The summed E-state index contributed by atoms with van der Waals surface area (Å²) in [7, 11) is 1.64. The molecule has 0 aliphatic carbocycles. The van der Waals surface area contributed by atoms with E-state index in [-0.39, 0.29) is 36.6 Å². The largest absolute Gasteiger partial charge is 0.497 e. The zero-order valence-electron chi connectivity index (χ0n) is 21.7. The van der Waals surface area contributed by atoms with E-state index >= 15 is 0 Å². The van der Waals surface area contributed by atoms with Gasteiger partial charge < -0.3 is 30.5 Å². The van der Waals surface area contributed by atoms with Gasteiger partial charge in [-0.3, -0.25) is 24.1 Å². The summed E-state index contributed by atoms with van der Waals surface area (Å²) in [5, 5.41) is 8.19. The molecule has 2 heterocycles. The Balaban J connectivity index is 1.29. The molecule has 1 atom stereocenters. The van der Waals surface area contributed by atoms with Gasteiger partial charge in [-0.25, -0.2) is 0 Å². The number of hydrogen-bond acceptors (Lipinski definition) is 7. The summed E-state index contributed by atoms with van der Waals surface area (Å²) >= 11 is 0. The minimum atomic E-state index is -0.865. The molecular formula is C27H34N6O5. The highest BCUT2D eigenvalue weighted by Crippen LogP contribution is 2.21. The molecule has 2 aromatic rings. The molecule has 3 N–H and O–H groups in total. The van der Waals surface area contributed by atoms with Crippen molar-refractivity contribution in [2.24, 2.45) is 0 Å². The molecule has 0 spiro atoms. The zero-order valence-corrected chi connectivity index (χ0v) is 21.7. The average molecular weight is 523 g/mol. The Bertz CT molecular complexity index is 1150. The molecule has 0 aromatic heterocycles. The Kier molecular flexibility index (Phi) is 8.80. The van der Waals surface area contributed by atoms with Crippen LogP contribution in [0.1, 0.15) is 13.3 Å². The van der Waals surface area contributed by atoms with Crippen molar-refractivity contribution in [1.29, 1.82) is 0 Å². The lowest BCUT2D eigenvalue weighted by molar-refractivity contribution is -0.145. The molecule has 38 heavy (non-hydrogen) atoms. The van der Waals surface area contributed by atoms with Crippen molar-refractivity contribution < 1.29 is 23.9 Å². The molecule has 202 valence electrons. The number of hydrogen-bond donors (Lipinski definition) is 3. The topological polar surface area (TPSA) is 123 Å². The van der Waals surface area contributed by atoms with Crippen molar-refractivity contribution in [3.8, 4) is 5.75 Å². The lowest BCUT2D eigenvalue weighted by Crippen LogP contribution is -2.60. The van der Waals surface area contributed by atoms with Gasteiger partial charge in [0.1, 0.15) is 11.8 Å². The third-order valence-corrected chi connectivity index (χ3v) is 6.69. The molecule has 4 rings (SSSR count). The smallest absolute Gasteiger partial charge is 0.243 e. The lowest BCUT2D eigenvalue weighted by Gasteiger charge is -2.39. The summed E-state index contributed by atoms with van der Waals surface area (Å²) in [4.78, 5) is 55.6. The third kappa shape index (κ3) is 7.00. The van der Waals surface area contributed by atoms with Crippen LogP contribution in [0.25, 0.3) is 0 Å². The van der Waals surface area contributed by atoms with Gasteiger partial charge in [-0.15, -0.1) is 0 Å². The van der Waals surface area contributed by atoms with Crippen LogP contribution in [0.3, 0.4) is 0 Å². The van der Waals surface area contributed by atoms with Crippen LogP contribution in [0.5, 0.6) is 5.75 Å². The van der Waals surface area contributed by atoms with Crippen LogP contribution in [0.4, 0.5) is 17.1 Å². The van der Waals surface area contributed by atoms with Crippen molar-refractivity contribution in [2.45, 2.75) is 19.4 Å². The van der Waals surface area contributed by atoms with Gasteiger partial charge in [-0.1, -0.05) is 0 Å². The van der Waals surface area contributed by atoms with Crippen LogP contribution < -0.4 is 25.6 Å². The van der Waals surface area contributed by atoms with Gasteiger partial charge >= 0.3 is 0 Å². The van der Waals surface area contributed by atoms with E-state index in [1.807, 2.05) is 24.3 Å². The second-order valence-corrected chi connectivity index (χ2v) is 9.37. The first kappa shape index (κ1) is 26.9. The highest BCUT2D eigenvalue weighted by molar-refractivity contribution is 5.98. The molecule has 2 aliphatic heterocycles. The van der Waals surface area contributed by atoms with E-state index in [2.05, 4.69) is 25.8 Å². The van der Waals surface area contributed by atoms with E-state index in [0.717, 1.165) is 37.6 Å². The van der Waals surface area contributed by atoms with Crippen LogP contribution in [0.15, 0.2) is 48.5 Å². The van der Waals surface area contributed by atoms with E-state index in [1.165, 1.54) is 11.8 Å². The Labute approximate surface area is 222 Å². The van der Waals surface area contributed by atoms with Crippen molar-refractivity contribution >= 4 is 40.7 Å². The molecule has 0 bridgehead atoms. The Morgan fingerprint density at radius 3 is 2.16 bits per heavy atom. The van der Waals surface area contributed by atoms with Crippen molar-refractivity contribution in [3.05, 3.63) is 48.5 Å². The predicted octanol–water partition coefficient (Wildman–Crippen LogP) is 1.13. The van der Waals surface area contributed by atoms with Gasteiger partial charge in [-0.05, 0) is 48.5 Å². The third-order valence-electron chi connectivity index (χ3n) is 6.69. The summed E-state index contributed by atoms with van der Waals surface area (Å²) in [5.74, 6) is -0.230. The second-order valence-electron chi connectivity index (χ2n) is 9.37. The van der Waals surface area contributed by atoms with Crippen LogP contribution in [-0.2, 0) is 19.2 Å². The van der Waals surface area contributed by atoms with E-state index < -0.39 is 6.04 Å². The number of methoxy groups -OCH3 is 1. The van der Waals surface area contributed by atoms with Gasteiger partial charge in [0.25, 0.3) is 0 Å². The molecule has 2 saturated heterocycles. The highest BCUT2D eigenvalue weighted by Gasteiger charge is 2.35. The first-order valence-corrected chi connectivity index (χ1v) is 12.7. The lowest BCUT2D eigenvalue weighted by atomic mass is 10.1. The van der Waals surface area contributed by atoms with Gasteiger partial charge in [-0.2, -0.15) is 0 Å². The molecule has 2 aromatic carbocycles. The highest BCUT2D eigenvalue weighted by atomic mass is 16.5. The standard InChI is InChI=1S/C27H34N6O5/c1-19(34)29-20-3-5-21(6-4-20)30-25(35)17-24-27(37)28-11-12-33(24)26(36)18-31-13-15-32(16-14-31)22-7-9-23(38-2)10-8-22/h3-10,24H,11-18H2,1-2H3,(H,28,37)(H,29,34)(H,30,35)/t24-/m1/s1. The number of nitrogens with zero attached hydrogens (tertiary/aromatic N) is 3. The first-order chi connectivity index (χ1) is 18.3. The molecule has 0 radical (unpaired) electrons. The van der Waals surface area contributed by atoms with Crippen molar-refractivity contribution in [3.63, 3.8) is 0 Å². The molecule has 11 nitrogen and oxygen atoms in total. The number of carbonyl (C=O) groups is 4. The van der Waals surface area contributed by atoms with Crippen molar-refractivity contribution in [1.82, 2.24) is 15.1 Å². The number of anilines is 3. The number of piperazine rings is 2. The van der Waals surface area contributed by atoms with Gasteiger partial charge in [0.2, 0.25) is 23.6 Å².